The van der Waals surface area contributed by atoms with Crippen molar-refractivity contribution < 1.29 is 14.2 Å². The SMILES string of the molecule is COc1cc(C2[C]3CC4CC(C3)CC2C4)cc(OC)c1OCCN1CCCCC1. The van der Waals surface area contributed by atoms with Crippen LogP contribution in [0.2, 0.25) is 0 Å². The van der Waals surface area contributed by atoms with Gasteiger partial charge in [0.2, 0.25) is 5.75 Å². The van der Waals surface area contributed by atoms with Gasteiger partial charge in [-0.25, -0.2) is 0 Å². The minimum absolute atomic E-state index is 0.591. The van der Waals surface area contributed by atoms with E-state index in [1.54, 1.807) is 20.1 Å². The van der Waals surface area contributed by atoms with Gasteiger partial charge in [0, 0.05) is 6.54 Å². The first-order chi connectivity index (χ1) is 14.2. The smallest absolute Gasteiger partial charge is 0.203 e. The zero-order valence-corrected chi connectivity index (χ0v) is 18.1. The maximum absolute atomic E-state index is 6.21. The average Bonchev–Trinajstić information content (AvgIpc) is 2.74. The van der Waals surface area contributed by atoms with Crippen molar-refractivity contribution in [3.8, 4) is 17.2 Å². The van der Waals surface area contributed by atoms with Crippen LogP contribution in [0.25, 0.3) is 0 Å². The van der Waals surface area contributed by atoms with E-state index < -0.39 is 0 Å². The minimum Gasteiger partial charge on any atom is -0.493 e. The van der Waals surface area contributed by atoms with Gasteiger partial charge in [-0.15, -0.1) is 0 Å². The molecule has 1 heterocycles. The van der Waals surface area contributed by atoms with E-state index in [1.165, 1.54) is 70.0 Å². The number of piperidine rings is 1. The molecule has 5 fully saturated rings. The summed E-state index contributed by atoms with van der Waals surface area (Å²) >= 11 is 0. The number of hydrogen-bond acceptors (Lipinski definition) is 4. The van der Waals surface area contributed by atoms with Gasteiger partial charge in [-0.05, 0) is 105 Å². The molecular formula is C25H36NO3. The van der Waals surface area contributed by atoms with Gasteiger partial charge in [0.05, 0.1) is 14.2 Å². The molecule has 1 radical (unpaired) electrons. The predicted molar refractivity (Wildman–Crippen MR) is 115 cm³/mol. The van der Waals surface area contributed by atoms with Gasteiger partial charge in [0.1, 0.15) is 6.61 Å². The molecule has 1 aromatic rings. The fourth-order valence-corrected chi connectivity index (χ4v) is 6.82. The summed E-state index contributed by atoms with van der Waals surface area (Å²) in [5.74, 6) is 7.53. The molecule has 1 saturated heterocycles. The van der Waals surface area contributed by atoms with Crippen LogP contribution in [-0.4, -0.2) is 45.4 Å². The van der Waals surface area contributed by atoms with Crippen molar-refractivity contribution in [2.45, 2.75) is 57.3 Å². The summed E-state index contributed by atoms with van der Waals surface area (Å²) in [6, 6.07) is 4.47. The van der Waals surface area contributed by atoms with Crippen molar-refractivity contribution in [1.29, 1.82) is 0 Å². The number of likely N-dealkylation sites (tertiary alicyclic amines) is 1. The molecule has 29 heavy (non-hydrogen) atoms. The summed E-state index contributed by atoms with van der Waals surface area (Å²) in [5, 5.41) is 0. The molecule has 0 aromatic heterocycles. The van der Waals surface area contributed by atoms with Crippen molar-refractivity contribution in [3.63, 3.8) is 0 Å². The topological polar surface area (TPSA) is 30.9 Å². The third kappa shape index (κ3) is 3.85. The Morgan fingerprint density at radius 3 is 2.14 bits per heavy atom. The molecule has 1 aromatic carbocycles. The molecule has 4 heteroatoms. The fourth-order valence-electron chi connectivity index (χ4n) is 6.82. The Bertz CT molecular complexity index is 659. The van der Waals surface area contributed by atoms with Gasteiger partial charge in [0.25, 0.3) is 0 Å². The molecule has 0 spiro atoms. The number of nitrogens with zero attached hydrogens (tertiary/aromatic N) is 1. The molecule has 3 atom stereocenters. The zero-order chi connectivity index (χ0) is 19.8. The lowest BCUT2D eigenvalue weighted by atomic mass is 9.51. The molecule has 4 saturated carbocycles. The fraction of sp³-hybridized carbons (Fsp3) is 0.720. The van der Waals surface area contributed by atoms with Gasteiger partial charge in [-0.1, -0.05) is 6.42 Å². The number of benzene rings is 1. The van der Waals surface area contributed by atoms with Crippen LogP contribution in [0.5, 0.6) is 17.2 Å². The van der Waals surface area contributed by atoms with Gasteiger partial charge in [-0.3, -0.25) is 4.90 Å². The third-order valence-corrected chi connectivity index (χ3v) is 7.90. The van der Waals surface area contributed by atoms with Crippen LogP contribution in [0, 0.1) is 23.7 Å². The van der Waals surface area contributed by atoms with Gasteiger partial charge >= 0.3 is 0 Å². The highest BCUT2D eigenvalue weighted by atomic mass is 16.5. The Morgan fingerprint density at radius 1 is 0.897 bits per heavy atom. The molecule has 4 aliphatic carbocycles. The summed E-state index contributed by atoms with van der Waals surface area (Å²) in [6.07, 6.45) is 11.0. The van der Waals surface area contributed by atoms with E-state index in [0.717, 1.165) is 41.5 Å². The van der Waals surface area contributed by atoms with E-state index in [4.69, 9.17) is 14.2 Å². The molecule has 4 bridgehead atoms. The normalized spacial score (nSPS) is 31.8. The van der Waals surface area contributed by atoms with Crippen molar-refractivity contribution in [3.05, 3.63) is 23.6 Å². The molecule has 3 unspecified atom stereocenters. The largest absolute Gasteiger partial charge is 0.493 e. The molecule has 1 aliphatic heterocycles. The van der Waals surface area contributed by atoms with E-state index in [-0.39, 0.29) is 0 Å². The van der Waals surface area contributed by atoms with Crippen LogP contribution in [-0.2, 0) is 0 Å². The van der Waals surface area contributed by atoms with E-state index >= 15 is 0 Å². The van der Waals surface area contributed by atoms with E-state index in [9.17, 15) is 0 Å². The third-order valence-electron chi connectivity index (χ3n) is 7.90. The van der Waals surface area contributed by atoms with Crippen LogP contribution in [0.15, 0.2) is 12.1 Å². The second kappa shape index (κ2) is 8.37. The maximum Gasteiger partial charge on any atom is 0.203 e. The average molecular weight is 399 g/mol. The Hall–Kier alpha value is -1.42. The Labute approximate surface area is 175 Å². The standard InChI is InChI=1S/C25H36NO3/c1-27-22-15-21(24-19-11-17-10-18(13-19)14-20(24)12-17)16-23(28-2)25(22)29-9-8-26-6-4-3-5-7-26/h15-19,24H,3-14H2,1-2H3. The van der Waals surface area contributed by atoms with E-state index in [2.05, 4.69) is 17.0 Å². The van der Waals surface area contributed by atoms with Crippen molar-refractivity contribution >= 4 is 0 Å². The Kier molecular flexibility index (Phi) is 5.64. The van der Waals surface area contributed by atoms with Crippen molar-refractivity contribution in [2.75, 3.05) is 40.5 Å². The highest BCUT2D eigenvalue weighted by Gasteiger charge is 2.49. The van der Waals surface area contributed by atoms with Crippen molar-refractivity contribution in [1.82, 2.24) is 4.90 Å². The van der Waals surface area contributed by atoms with Gasteiger partial charge in [-0.2, -0.15) is 0 Å². The molecule has 4 nitrogen and oxygen atoms in total. The van der Waals surface area contributed by atoms with Crippen molar-refractivity contribution in [2.24, 2.45) is 17.8 Å². The molecule has 159 valence electrons. The van der Waals surface area contributed by atoms with Crippen LogP contribution < -0.4 is 14.2 Å². The van der Waals surface area contributed by atoms with Gasteiger partial charge in [0.15, 0.2) is 11.5 Å². The van der Waals surface area contributed by atoms with E-state index in [0.29, 0.717) is 12.5 Å². The number of hydrogen-bond donors (Lipinski definition) is 0. The van der Waals surface area contributed by atoms with Crippen LogP contribution >= 0.6 is 0 Å². The quantitative estimate of drug-likeness (QED) is 0.642. The molecule has 0 N–H and O–H groups in total. The second-order valence-electron chi connectivity index (χ2n) is 9.75. The predicted octanol–water partition coefficient (Wildman–Crippen LogP) is 5.07. The van der Waals surface area contributed by atoms with Crippen LogP contribution in [0.1, 0.15) is 62.8 Å². The van der Waals surface area contributed by atoms with Gasteiger partial charge < -0.3 is 14.2 Å². The Balaban J connectivity index is 1.33. The van der Waals surface area contributed by atoms with Crippen LogP contribution in [0.3, 0.4) is 0 Å². The lowest BCUT2D eigenvalue weighted by Crippen LogP contribution is -2.42. The summed E-state index contributed by atoms with van der Waals surface area (Å²) in [4.78, 5) is 2.50. The van der Waals surface area contributed by atoms with E-state index in [1.807, 2.05) is 0 Å². The molecule has 6 rings (SSSR count). The highest BCUT2D eigenvalue weighted by molar-refractivity contribution is 5.55. The number of ether oxygens (including phenoxy) is 3. The highest BCUT2D eigenvalue weighted by Crippen LogP contribution is 2.61. The second-order valence-corrected chi connectivity index (χ2v) is 9.75. The lowest BCUT2D eigenvalue weighted by Gasteiger charge is -2.54. The first kappa shape index (κ1) is 19.5. The molecular weight excluding hydrogens is 362 g/mol. The molecule has 0 amide bonds. The first-order valence-electron chi connectivity index (χ1n) is 11.7. The zero-order valence-electron chi connectivity index (χ0n) is 18.1. The maximum atomic E-state index is 6.21. The monoisotopic (exact) mass is 398 g/mol. The summed E-state index contributed by atoms with van der Waals surface area (Å²) in [6.45, 7) is 4.04. The summed E-state index contributed by atoms with van der Waals surface area (Å²) in [7, 11) is 3.50. The minimum atomic E-state index is 0.591. The van der Waals surface area contributed by atoms with Crippen LogP contribution in [0.4, 0.5) is 0 Å². The summed E-state index contributed by atoms with van der Waals surface area (Å²) in [5.41, 5.74) is 1.38. The summed E-state index contributed by atoms with van der Waals surface area (Å²) < 4.78 is 17.8. The number of rotatable bonds is 7. The number of methoxy groups -OCH3 is 2. The molecule has 5 aliphatic rings. The Morgan fingerprint density at radius 2 is 1.55 bits per heavy atom. The lowest BCUT2D eigenvalue weighted by molar-refractivity contribution is 0.0722. The first-order valence-corrected chi connectivity index (χ1v) is 11.7.